The number of fused-ring (bicyclic) bond motifs is 1. The third kappa shape index (κ3) is 2.67. The summed E-state index contributed by atoms with van der Waals surface area (Å²) in [4.78, 5) is 4.70. The van der Waals surface area contributed by atoms with Gasteiger partial charge in [-0.05, 0) is 18.6 Å². The summed E-state index contributed by atoms with van der Waals surface area (Å²) < 4.78 is 2.32. The van der Waals surface area contributed by atoms with Crippen molar-refractivity contribution in [2.45, 2.75) is 46.3 Å². The van der Waals surface area contributed by atoms with Gasteiger partial charge in [0.05, 0.1) is 17.6 Å². The molecule has 17 heavy (non-hydrogen) atoms. The number of benzene rings is 1. The Balaban J connectivity index is 2.35. The standard InChI is InChI=1S/C14H21N3/c1-4-9-17-13-8-6-5-7-12(13)16-14(17)10-15-11(2)3/h5-8,11,15H,4,9-10H2,1-3H3. The predicted octanol–water partition coefficient (Wildman–Crippen LogP) is 2.94. The molecule has 0 amide bonds. The number of imidazole rings is 1. The molecule has 0 aliphatic carbocycles. The normalized spacial score (nSPS) is 11.5. The van der Waals surface area contributed by atoms with Crippen molar-refractivity contribution in [2.75, 3.05) is 0 Å². The fourth-order valence-corrected chi connectivity index (χ4v) is 2.03. The molecule has 0 aliphatic rings. The molecule has 2 aromatic rings. The summed E-state index contributed by atoms with van der Waals surface area (Å²) in [6.45, 7) is 8.40. The van der Waals surface area contributed by atoms with E-state index in [0.29, 0.717) is 6.04 Å². The van der Waals surface area contributed by atoms with Gasteiger partial charge in [0.25, 0.3) is 0 Å². The first-order chi connectivity index (χ1) is 8.22. The predicted molar refractivity (Wildman–Crippen MR) is 72.0 cm³/mol. The van der Waals surface area contributed by atoms with Gasteiger partial charge < -0.3 is 9.88 Å². The zero-order valence-corrected chi connectivity index (χ0v) is 10.9. The first-order valence-electron chi connectivity index (χ1n) is 6.40. The fraction of sp³-hybridized carbons (Fsp3) is 0.500. The lowest BCUT2D eigenvalue weighted by Crippen LogP contribution is -2.24. The van der Waals surface area contributed by atoms with E-state index in [-0.39, 0.29) is 0 Å². The largest absolute Gasteiger partial charge is 0.327 e. The van der Waals surface area contributed by atoms with Crippen LogP contribution in [0.3, 0.4) is 0 Å². The Hall–Kier alpha value is -1.35. The van der Waals surface area contributed by atoms with Crippen LogP contribution in [0.2, 0.25) is 0 Å². The highest BCUT2D eigenvalue weighted by molar-refractivity contribution is 5.75. The molecule has 0 bridgehead atoms. The Labute approximate surface area is 103 Å². The van der Waals surface area contributed by atoms with Gasteiger partial charge in [-0.25, -0.2) is 4.98 Å². The number of hydrogen-bond acceptors (Lipinski definition) is 2. The second kappa shape index (κ2) is 5.32. The van der Waals surface area contributed by atoms with Gasteiger partial charge >= 0.3 is 0 Å². The van der Waals surface area contributed by atoms with E-state index in [1.54, 1.807) is 0 Å². The van der Waals surface area contributed by atoms with E-state index in [2.05, 4.69) is 48.9 Å². The van der Waals surface area contributed by atoms with Crippen LogP contribution in [0.1, 0.15) is 33.0 Å². The van der Waals surface area contributed by atoms with E-state index in [9.17, 15) is 0 Å². The summed E-state index contributed by atoms with van der Waals surface area (Å²) in [5, 5.41) is 3.44. The van der Waals surface area contributed by atoms with Gasteiger partial charge in [0, 0.05) is 12.6 Å². The molecule has 2 rings (SSSR count). The quantitative estimate of drug-likeness (QED) is 0.857. The van der Waals surface area contributed by atoms with Gasteiger partial charge in [-0.3, -0.25) is 0 Å². The molecule has 3 nitrogen and oxygen atoms in total. The summed E-state index contributed by atoms with van der Waals surface area (Å²) >= 11 is 0. The SMILES string of the molecule is CCCn1c(CNC(C)C)nc2ccccc21. The Kier molecular flexibility index (Phi) is 3.79. The highest BCUT2D eigenvalue weighted by atomic mass is 15.1. The van der Waals surface area contributed by atoms with Crippen molar-refractivity contribution >= 4 is 11.0 Å². The molecule has 0 spiro atoms. The first kappa shape index (κ1) is 12.1. The van der Waals surface area contributed by atoms with Gasteiger partial charge in [0.15, 0.2) is 0 Å². The molecule has 0 aliphatic heterocycles. The van der Waals surface area contributed by atoms with Crippen molar-refractivity contribution in [3.63, 3.8) is 0 Å². The lowest BCUT2D eigenvalue weighted by molar-refractivity contribution is 0.546. The maximum atomic E-state index is 4.70. The van der Waals surface area contributed by atoms with Crippen LogP contribution in [0.15, 0.2) is 24.3 Å². The molecule has 0 saturated carbocycles. The molecule has 1 aromatic carbocycles. The molecule has 3 heteroatoms. The smallest absolute Gasteiger partial charge is 0.123 e. The minimum atomic E-state index is 0.491. The van der Waals surface area contributed by atoms with E-state index in [0.717, 1.165) is 30.9 Å². The average Bonchev–Trinajstić information content (AvgIpc) is 2.66. The third-order valence-electron chi connectivity index (χ3n) is 2.85. The van der Waals surface area contributed by atoms with Crippen LogP contribution >= 0.6 is 0 Å². The van der Waals surface area contributed by atoms with Gasteiger partial charge in [0.2, 0.25) is 0 Å². The van der Waals surface area contributed by atoms with E-state index >= 15 is 0 Å². The molecule has 0 atom stereocenters. The number of rotatable bonds is 5. The van der Waals surface area contributed by atoms with Gasteiger partial charge in [-0.2, -0.15) is 0 Å². The molecular weight excluding hydrogens is 210 g/mol. The van der Waals surface area contributed by atoms with E-state index < -0.39 is 0 Å². The summed E-state index contributed by atoms with van der Waals surface area (Å²) in [5.41, 5.74) is 2.34. The maximum absolute atomic E-state index is 4.70. The fourth-order valence-electron chi connectivity index (χ4n) is 2.03. The second-order valence-corrected chi connectivity index (χ2v) is 4.70. The van der Waals surface area contributed by atoms with E-state index in [1.807, 2.05) is 6.07 Å². The van der Waals surface area contributed by atoms with Crippen molar-refractivity contribution in [1.82, 2.24) is 14.9 Å². The minimum absolute atomic E-state index is 0.491. The first-order valence-corrected chi connectivity index (χ1v) is 6.40. The monoisotopic (exact) mass is 231 g/mol. The number of para-hydroxylation sites is 2. The Bertz CT molecular complexity index is 485. The van der Waals surface area contributed by atoms with Crippen molar-refractivity contribution in [3.8, 4) is 0 Å². The number of aromatic nitrogens is 2. The Morgan fingerprint density at radius 1 is 1.29 bits per heavy atom. The molecular formula is C14H21N3. The van der Waals surface area contributed by atoms with Crippen LogP contribution < -0.4 is 5.32 Å². The minimum Gasteiger partial charge on any atom is -0.327 e. The number of nitrogens with one attached hydrogen (secondary N) is 1. The van der Waals surface area contributed by atoms with Gasteiger partial charge in [-0.15, -0.1) is 0 Å². The molecule has 1 heterocycles. The van der Waals surface area contributed by atoms with Gasteiger partial charge in [-0.1, -0.05) is 32.9 Å². The summed E-state index contributed by atoms with van der Waals surface area (Å²) in [5.74, 6) is 1.14. The summed E-state index contributed by atoms with van der Waals surface area (Å²) in [6, 6.07) is 8.85. The van der Waals surface area contributed by atoms with Crippen LogP contribution in [0.4, 0.5) is 0 Å². The number of nitrogens with zero attached hydrogens (tertiary/aromatic N) is 2. The van der Waals surface area contributed by atoms with E-state index in [4.69, 9.17) is 4.98 Å². The van der Waals surface area contributed by atoms with Crippen LogP contribution in [-0.2, 0) is 13.1 Å². The zero-order chi connectivity index (χ0) is 12.3. The van der Waals surface area contributed by atoms with Crippen molar-refractivity contribution in [3.05, 3.63) is 30.1 Å². The second-order valence-electron chi connectivity index (χ2n) is 4.70. The van der Waals surface area contributed by atoms with Crippen LogP contribution in [0.25, 0.3) is 11.0 Å². The lowest BCUT2D eigenvalue weighted by atomic mass is 10.3. The van der Waals surface area contributed by atoms with E-state index in [1.165, 1.54) is 5.52 Å². The highest BCUT2D eigenvalue weighted by Crippen LogP contribution is 2.16. The third-order valence-corrected chi connectivity index (χ3v) is 2.85. The molecule has 1 aromatic heterocycles. The van der Waals surface area contributed by atoms with Crippen LogP contribution in [-0.4, -0.2) is 15.6 Å². The highest BCUT2D eigenvalue weighted by Gasteiger charge is 2.09. The Morgan fingerprint density at radius 3 is 2.76 bits per heavy atom. The van der Waals surface area contributed by atoms with Crippen LogP contribution in [0.5, 0.6) is 0 Å². The van der Waals surface area contributed by atoms with Crippen molar-refractivity contribution in [2.24, 2.45) is 0 Å². The lowest BCUT2D eigenvalue weighted by Gasteiger charge is -2.10. The average molecular weight is 231 g/mol. The van der Waals surface area contributed by atoms with Crippen molar-refractivity contribution in [1.29, 1.82) is 0 Å². The van der Waals surface area contributed by atoms with Crippen LogP contribution in [0, 0.1) is 0 Å². The summed E-state index contributed by atoms with van der Waals surface area (Å²) in [6.07, 6.45) is 1.13. The zero-order valence-electron chi connectivity index (χ0n) is 10.9. The molecule has 92 valence electrons. The molecule has 0 fully saturated rings. The number of aryl methyl sites for hydroxylation is 1. The molecule has 0 saturated heterocycles. The molecule has 0 unspecified atom stereocenters. The molecule has 1 N–H and O–H groups in total. The van der Waals surface area contributed by atoms with Gasteiger partial charge in [0.1, 0.15) is 5.82 Å². The Morgan fingerprint density at radius 2 is 2.06 bits per heavy atom. The van der Waals surface area contributed by atoms with Crippen molar-refractivity contribution < 1.29 is 0 Å². The topological polar surface area (TPSA) is 29.9 Å². The maximum Gasteiger partial charge on any atom is 0.123 e. The molecule has 0 radical (unpaired) electrons. The summed E-state index contributed by atoms with van der Waals surface area (Å²) in [7, 11) is 0. The number of hydrogen-bond donors (Lipinski definition) is 1.